The van der Waals surface area contributed by atoms with E-state index in [1.807, 2.05) is 36.4 Å². The molecule has 6 heteroatoms. The molecule has 0 atom stereocenters. The summed E-state index contributed by atoms with van der Waals surface area (Å²) in [6.07, 6.45) is 1.95. The average molecular weight is 419 g/mol. The lowest BCUT2D eigenvalue weighted by Gasteiger charge is -2.10. The van der Waals surface area contributed by atoms with Crippen LogP contribution in [-0.4, -0.2) is 28.4 Å². The molecule has 3 aromatic carbocycles. The highest BCUT2D eigenvalue weighted by atomic mass is 32.2. The predicted molar refractivity (Wildman–Crippen MR) is 119 cm³/mol. The molecule has 3 aromatic rings. The minimum absolute atomic E-state index is 0.0143. The third-order valence-electron chi connectivity index (χ3n) is 4.87. The molecule has 30 heavy (non-hydrogen) atoms. The van der Waals surface area contributed by atoms with Gasteiger partial charge in [0.25, 0.3) is 5.91 Å². The van der Waals surface area contributed by atoms with Crippen LogP contribution in [0.3, 0.4) is 0 Å². The molecule has 0 unspecified atom stereocenters. The fraction of sp³-hybridized carbons (Fsp3) is 0.167. The second-order valence-electron chi connectivity index (χ2n) is 7.05. The molecular weight excluding hydrogens is 396 g/mol. The van der Waals surface area contributed by atoms with E-state index in [4.69, 9.17) is 4.99 Å². The number of phenols is 2. The number of phenolic OH excluding ortho intramolecular Hbond substituents is 2. The molecule has 0 aliphatic carbocycles. The third kappa shape index (κ3) is 4.04. The van der Waals surface area contributed by atoms with E-state index in [-0.39, 0.29) is 17.4 Å². The van der Waals surface area contributed by atoms with Crippen LogP contribution < -0.4 is 5.32 Å². The van der Waals surface area contributed by atoms with Gasteiger partial charge in [-0.1, -0.05) is 43.3 Å². The Hall–Kier alpha value is -3.25. The molecular formula is C24H22N2O3S. The molecule has 0 fully saturated rings. The first-order valence-electron chi connectivity index (χ1n) is 9.87. The van der Waals surface area contributed by atoms with Crippen molar-refractivity contribution >= 4 is 29.1 Å². The summed E-state index contributed by atoms with van der Waals surface area (Å²) in [5, 5.41) is 23.1. The van der Waals surface area contributed by atoms with Crippen LogP contribution in [0.25, 0.3) is 0 Å². The Morgan fingerprint density at radius 3 is 2.63 bits per heavy atom. The maximum atomic E-state index is 12.5. The first-order valence-corrected chi connectivity index (χ1v) is 10.7. The lowest BCUT2D eigenvalue weighted by Crippen LogP contribution is -2.24. The van der Waals surface area contributed by atoms with Crippen LogP contribution >= 0.6 is 11.8 Å². The van der Waals surface area contributed by atoms with Crippen LogP contribution in [0.2, 0.25) is 0 Å². The van der Waals surface area contributed by atoms with Crippen molar-refractivity contribution in [3.8, 4) is 11.5 Å². The molecule has 1 heterocycles. The quantitative estimate of drug-likeness (QED) is 0.386. The number of nitrogens with zero attached hydrogens (tertiary/aromatic N) is 1. The summed E-state index contributed by atoms with van der Waals surface area (Å²) in [4.78, 5) is 19.3. The monoisotopic (exact) mass is 418 g/mol. The van der Waals surface area contributed by atoms with Crippen LogP contribution in [0.4, 0.5) is 5.69 Å². The zero-order chi connectivity index (χ0) is 21.1. The van der Waals surface area contributed by atoms with E-state index >= 15 is 0 Å². The Labute approximate surface area is 179 Å². The molecule has 152 valence electrons. The minimum Gasteiger partial charge on any atom is -0.508 e. The van der Waals surface area contributed by atoms with Crippen LogP contribution in [0.5, 0.6) is 11.5 Å². The van der Waals surface area contributed by atoms with E-state index in [0.717, 1.165) is 28.2 Å². The number of hydrogen-bond acceptors (Lipinski definition) is 5. The first-order chi connectivity index (χ1) is 14.6. The standard InChI is InChI=1S/C24H22N2O3S/c1-2-3-12-25-24(29)15-8-11-22-19(13-15)26-23(17-10-9-16(27)14-20(17)28)18-6-4-5-7-21(18)30-22/h4-11,13-14,27-28H,2-3,12H2,1H3,(H,25,29). The van der Waals surface area contributed by atoms with Crippen molar-refractivity contribution < 1.29 is 15.0 Å². The number of aliphatic imine (C=N–C) groups is 1. The molecule has 0 radical (unpaired) electrons. The molecule has 3 N–H and O–H groups in total. The van der Waals surface area contributed by atoms with Gasteiger partial charge < -0.3 is 15.5 Å². The highest BCUT2D eigenvalue weighted by Crippen LogP contribution is 2.42. The second kappa shape index (κ2) is 8.63. The molecule has 0 spiro atoms. The number of hydrogen-bond donors (Lipinski definition) is 3. The molecule has 1 amide bonds. The summed E-state index contributed by atoms with van der Waals surface area (Å²) in [5.74, 6) is -0.188. The molecule has 0 aromatic heterocycles. The number of benzene rings is 3. The maximum Gasteiger partial charge on any atom is 0.251 e. The van der Waals surface area contributed by atoms with E-state index in [2.05, 4.69) is 12.2 Å². The van der Waals surface area contributed by atoms with E-state index in [0.29, 0.717) is 29.1 Å². The van der Waals surface area contributed by atoms with Crippen LogP contribution in [0, 0.1) is 0 Å². The average Bonchev–Trinajstić information content (AvgIpc) is 2.90. The summed E-state index contributed by atoms with van der Waals surface area (Å²) in [6.45, 7) is 2.72. The summed E-state index contributed by atoms with van der Waals surface area (Å²) < 4.78 is 0. The van der Waals surface area contributed by atoms with Gasteiger partial charge in [-0.25, -0.2) is 4.99 Å². The molecule has 1 aliphatic rings. The topological polar surface area (TPSA) is 81.9 Å². The van der Waals surface area contributed by atoms with Gasteiger partial charge in [-0.05, 0) is 42.8 Å². The van der Waals surface area contributed by atoms with Crippen molar-refractivity contribution in [2.24, 2.45) is 4.99 Å². The third-order valence-corrected chi connectivity index (χ3v) is 6.01. The summed E-state index contributed by atoms with van der Waals surface area (Å²) >= 11 is 1.58. The number of amides is 1. The SMILES string of the molecule is CCCCNC(=O)c1ccc2c(c1)N=C(c1ccc(O)cc1O)c1ccccc1S2. The van der Waals surface area contributed by atoms with Gasteiger partial charge in [-0.2, -0.15) is 0 Å². The molecule has 0 saturated carbocycles. The van der Waals surface area contributed by atoms with Gasteiger partial charge in [0.05, 0.1) is 11.4 Å². The summed E-state index contributed by atoms with van der Waals surface area (Å²) in [5.41, 5.74) is 3.22. The van der Waals surface area contributed by atoms with Crippen molar-refractivity contribution in [1.82, 2.24) is 5.32 Å². The number of nitrogens with one attached hydrogen (secondary N) is 1. The van der Waals surface area contributed by atoms with E-state index in [1.165, 1.54) is 12.1 Å². The lowest BCUT2D eigenvalue weighted by atomic mass is 10.0. The smallest absolute Gasteiger partial charge is 0.251 e. The van der Waals surface area contributed by atoms with Gasteiger partial charge in [0.1, 0.15) is 11.5 Å². The Morgan fingerprint density at radius 1 is 1.00 bits per heavy atom. The fourth-order valence-corrected chi connectivity index (χ4v) is 4.29. The van der Waals surface area contributed by atoms with Gasteiger partial charge in [-0.3, -0.25) is 4.79 Å². The largest absolute Gasteiger partial charge is 0.508 e. The van der Waals surface area contributed by atoms with Crippen molar-refractivity contribution in [1.29, 1.82) is 0 Å². The van der Waals surface area contributed by atoms with Crippen molar-refractivity contribution in [2.75, 3.05) is 6.54 Å². The number of fused-ring (bicyclic) bond motifs is 2. The molecule has 1 aliphatic heterocycles. The van der Waals surface area contributed by atoms with Gasteiger partial charge in [0.15, 0.2) is 0 Å². The first kappa shape index (κ1) is 20.0. The minimum atomic E-state index is -0.123. The van der Waals surface area contributed by atoms with E-state index in [9.17, 15) is 15.0 Å². The fourth-order valence-electron chi connectivity index (χ4n) is 3.29. The van der Waals surface area contributed by atoms with E-state index < -0.39 is 0 Å². The number of carbonyl (C=O) groups excluding carboxylic acids is 1. The number of aromatic hydroxyl groups is 2. The Balaban J connectivity index is 1.82. The zero-order valence-corrected chi connectivity index (χ0v) is 17.4. The molecule has 0 bridgehead atoms. The Bertz CT molecular complexity index is 1140. The van der Waals surface area contributed by atoms with E-state index in [1.54, 1.807) is 23.9 Å². The Kier molecular flexibility index (Phi) is 5.77. The van der Waals surface area contributed by atoms with Crippen molar-refractivity contribution in [2.45, 2.75) is 29.6 Å². The van der Waals surface area contributed by atoms with Gasteiger partial charge >= 0.3 is 0 Å². The van der Waals surface area contributed by atoms with Gasteiger partial charge in [-0.15, -0.1) is 0 Å². The predicted octanol–water partition coefficient (Wildman–Crippen LogP) is 5.26. The molecule has 0 saturated heterocycles. The van der Waals surface area contributed by atoms with Crippen molar-refractivity contribution in [3.63, 3.8) is 0 Å². The maximum absolute atomic E-state index is 12.5. The van der Waals surface area contributed by atoms with Crippen LogP contribution in [0.1, 0.15) is 41.3 Å². The highest BCUT2D eigenvalue weighted by molar-refractivity contribution is 7.99. The Morgan fingerprint density at radius 2 is 1.83 bits per heavy atom. The van der Waals surface area contributed by atoms with Gasteiger partial charge in [0, 0.05) is 39.1 Å². The normalized spacial score (nSPS) is 12.4. The van der Waals surface area contributed by atoms with Crippen LogP contribution in [-0.2, 0) is 0 Å². The zero-order valence-electron chi connectivity index (χ0n) is 16.6. The second-order valence-corrected chi connectivity index (χ2v) is 8.14. The highest BCUT2D eigenvalue weighted by Gasteiger charge is 2.21. The number of carbonyl (C=O) groups is 1. The molecule has 4 rings (SSSR count). The summed E-state index contributed by atoms with van der Waals surface area (Å²) in [6, 6.07) is 17.8. The van der Waals surface area contributed by atoms with Crippen LogP contribution in [0.15, 0.2) is 75.4 Å². The van der Waals surface area contributed by atoms with Gasteiger partial charge in [0.2, 0.25) is 0 Å². The summed E-state index contributed by atoms with van der Waals surface area (Å²) in [7, 11) is 0. The lowest BCUT2D eigenvalue weighted by molar-refractivity contribution is 0.0953. The molecule has 5 nitrogen and oxygen atoms in total. The number of rotatable bonds is 5. The number of unbranched alkanes of at least 4 members (excludes halogenated alkanes) is 1. The van der Waals surface area contributed by atoms with Crippen molar-refractivity contribution in [3.05, 3.63) is 77.4 Å².